The zero-order valence-corrected chi connectivity index (χ0v) is 24.8. The molecular formula is C30H36F6N6O2. The normalized spacial score (nSPS) is 21.2. The molecule has 2 aromatic carbocycles. The fourth-order valence-corrected chi connectivity index (χ4v) is 6.40. The number of rotatable bonds is 7. The molecule has 1 N–H and O–H groups in total. The number of aromatic nitrogens is 4. The molecule has 2 aliphatic heterocycles. The van der Waals surface area contributed by atoms with Crippen LogP contribution in [0.25, 0.3) is 0 Å². The highest BCUT2D eigenvalue weighted by atomic mass is 19.4. The first-order valence-electron chi connectivity index (χ1n) is 14.6. The predicted molar refractivity (Wildman–Crippen MR) is 151 cm³/mol. The second-order valence-corrected chi connectivity index (χ2v) is 11.8. The third-order valence-electron chi connectivity index (χ3n) is 8.33. The number of fused-ring (bicyclic) bond motifs is 1. The van der Waals surface area contributed by atoms with Gasteiger partial charge in [0, 0.05) is 25.3 Å². The van der Waals surface area contributed by atoms with Gasteiger partial charge >= 0.3 is 12.4 Å². The molecule has 3 aromatic rings. The van der Waals surface area contributed by atoms with Crippen LogP contribution >= 0.6 is 0 Å². The summed E-state index contributed by atoms with van der Waals surface area (Å²) in [7, 11) is 1.55. The quantitative estimate of drug-likeness (QED) is 0.323. The topological polar surface area (TPSA) is 79.5 Å². The van der Waals surface area contributed by atoms with E-state index in [1.54, 1.807) is 11.9 Å². The molecule has 3 unspecified atom stereocenters. The van der Waals surface area contributed by atoms with Gasteiger partial charge in [-0.15, -0.1) is 5.10 Å². The van der Waals surface area contributed by atoms with E-state index in [2.05, 4.69) is 26.4 Å². The highest BCUT2D eigenvalue weighted by Gasteiger charge is 2.38. The van der Waals surface area contributed by atoms with Crippen molar-refractivity contribution in [2.75, 3.05) is 36.1 Å². The minimum atomic E-state index is -4.96. The van der Waals surface area contributed by atoms with E-state index < -0.39 is 29.5 Å². The Bertz CT molecular complexity index is 1420. The summed E-state index contributed by atoms with van der Waals surface area (Å²) in [5.41, 5.74) is 0.979. The molecule has 0 amide bonds. The zero-order valence-electron chi connectivity index (χ0n) is 24.8. The van der Waals surface area contributed by atoms with Crippen LogP contribution in [-0.4, -0.2) is 57.7 Å². The summed E-state index contributed by atoms with van der Waals surface area (Å²) in [4.78, 5) is 5.19. The number of alkyl halides is 6. The maximum atomic E-state index is 13.7. The van der Waals surface area contributed by atoms with Crippen LogP contribution in [0, 0.1) is 19.8 Å². The Kier molecular flexibility index (Phi) is 9.13. The van der Waals surface area contributed by atoms with Crippen molar-refractivity contribution in [2.24, 2.45) is 13.0 Å². The van der Waals surface area contributed by atoms with Gasteiger partial charge in [0.15, 0.2) is 0 Å². The predicted octanol–water partition coefficient (Wildman–Crippen LogP) is 6.00. The van der Waals surface area contributed by atoms with Crippen LogP contribution in [0.1, 0.15) is 65.1 Å². The number of benzene rings is 2. The van der Waals surface area contributed by atoms with Gasteiger partial charge in [-0.1, -0.05) is 22.8 Å². The van der Waals surface area contributed by atoms with Gasteiger partial charge < -0.3 is 19.6 Å². The molecule has 8 nitrogen and oxygen atoms in total. The third kappa shape index (κ3) is 7.12. The number of hydrogen-bond donors (Lipinski definition) is 1. The number of anilines is 2. The molecule has 0 radical (unpaired) electrons. The Morgan fingerprint density at radius 2 is 1.68 bits per heavy atom. The number of aliphatic hydroxyl groups excluding tert-OH is 1. The number of ether oxygens (including phenoxy) is 1. The molecular weight excluding hydrogens is 590 g/mol. The Balaban J connectivity index is 1.56. The number of aryl methyl sites for hydroxylation is 3. The second kappa shape index (κ2) is 12.5. The average Bonchev–Trinajstić information content (AvgIpc) is 3.30. The Morgan fingerprint density at radius 1 is 0.977 bits per heavy atom. The van der Waals surface area contributed by atoms with E-state index in [1.165, 1.54) is 4.80 Å². The lowest BCUT2D eigenvalue weighted by molar-refractivity contribution is -0.143. The van der Waals surface area contributed by atoms with Crippen molar-refractivity contribution in [2.45, 2.75) is 70.6 Å². The van der Waals surface area contributed by atoms with Crippen molar-refractivity contribution >= 4 is 11.6 Å². The van der Waals surface area contributed by atoms with E-state index in [9.17, 15) is 31.4 Å². The number of nitrogens with zero attached hydrogens (tertiary/aromatic N) is 6. The molecule has 0 aliphatic carbocycles. The molecule has 0 spiro atoms. The molecule has 14 heteroatoms. The third-order valence-corrected chi connectivity index (χ3v) is 8.33. The maximum Gasteiger partial charge on any atom is 0.416 e. The first kappa shape index (κ1) is 32.0. The van der Waals surface area contributed by atoms with Crippen LogP contribution in [-0.2, 0) is 30.7 Å². The number of halogens is 6. The van der Waals surface area contributed by atoms with Crippen LogP contribution in [0.3, 0.4) is 0 Å². The zero-order chi connectivity index (χ0) is 31.8. The summed E-state index contributed by atoms with van der Waals surface area (Å²) in [6.07, 6.45) is -7.15. The fraction of sp³-hybridized carbons (Fsp3) is 0.567. The molecule has 3 heterocycles. The van der Waals surface area contributed by atoms with Gasteiger partial charge in [0.1, 0.15) is 0 Å². The highest BCUT2D eigenvalue weighted by molar-refractivity contribution is 5.64. The summed E-state index contributed by atoms with van der Waals surface area (Å²) >= 11 is 0. The highest BCUT2D eigenvalue weighted by Crippen LogP contribution is 2.43. The molecule has 2 aliphatic rings. The van der Waals surface area contributed by atoms with Crippen molar-refractivity contribution in [3.05, 3.63) is 63.7 Å². The first-order valence-corrected chi connectivity index (χ1v) is 14.6. The summed E-state index contributed by atoms with van der Waals surface area (Å²) < 4.78 is 88.2. The van der Waals surface area contributed by atoms with Crippen LogP contribution in [0.5, 0.6) is 0 Å². The molecule has 1 aromatic heterocycles. The molecule has 1 fully saturated rings. The molecule has 5 rings (SSSR count). The van der Waals surface area contributed by atoms with Gasteiger partial charge in [0.25, 0.3) is 5.95 Å². The van der Waals surface area contributed by atoms with Gasteiger partial charge in [-0.2, -0.15) is 31.1 Å². The van der Waals surface area contributed by atoms with Gasteiger partial charge in [-0.3, -0.25) is 0 Å². The minimum absolute atomic E-state index is 0.0120. The van der Waals surface area contributed by atoms with Crippen molar-refractivity contribution in [1.29, 1.82) is 0 Å². The summed E-state index contributed by atoms with van der Waals surface area (Å²) in [5.74, 6) is 0.351. The minimum Gasteiger partial charge on any atom is -0.394 e. The molecule has 240 valence electrons. The fourth-order valence-electron chi connectivity index (χ4n) is 6.40. The Labute approximate surface area is 251 Å². The molecule has 3 atom stereocenters. The summed E-state index contributed by atoms with van der Waals surface area (Å²) in [6.45, 7) is 5.60. The van der Waals surface area contributed by atoms with E-state index in [4.69, 9.17) is 4.74 Å². The SMILES string of the molecule is Cc1cc(C)c2c(c1)C(N(Cc1cc(C(F)(F)F)cc(C(F)(F)F)c1)c1nnn(C)n1)CCCN2CC1CCC(CO)OC1. The van der Waals surface area contributed by atoms with Crippen molar-refractivity contribution in [3.8, 4) is 0 Å². The average molecular weight is 627 g/mol. The lowest BCUT2D eigenvalue weighted by Crippen LogP contribution is -2.37. The monoisotopic (exact) mass is 626 g/mol. The Hall–Kier alpha value is -3.39. The van der Waals surface area contributed by atoms with E-state index in [1.807, 2.05) is 19.9 Å². The molecule has 1 saturated heterocycles. The molecule has 44 heavy (non-hydrogen) atoms. The van der Waals surface area contributed by atoms with Crippen LogP contribution in [0.15, 0.2) is 30.3 Å². The number of aliphatic hydroxyl groups is 1. The summed E-state index contributed by atoms with van der Waals surface area (Å²) in [6, 6.07) is 5.29. The molecule has 0 saturated carbocycles. The second-order valence-electron chi connectivity index (χ2n) is 11.8. The molecule has 0 bridgehead atoms. The van der Waals surface area contributed by atoms with Crippen molar-refractivity contribution in [3.63, 3.8) is 0 Å². The maximum absolute atomic E-state index is 13.7. The lowest BCUT2D eigenvalue weighted by atomic mass is 9.93. The van der Waals surface area contributed by atoms with Crippen LogP contribution in [0.4, 0.5) is 38.0 Å². The Morgan fingerprint density at radius 3 is 2.25 bits per heavy atom. The lowest BCUT2D eigenvalue weighted by Gasteiger charge is -2.36. The van der Waals surface area contributed by atoms with E-state index >= 15 is 0 Å². The standard InChI is InChI=1S/C30H36F6N6O2/c1-18-9-19(2)27-25(10-18)26(5-4-8-41(27)14-20-6-7-24(16-43)44-17-20)42(28-37-39-40(3)38-28)15-21-11-22(29(31,32)33)13-23(12-21)30(34,35)36/h9-13,20,24,26,43H,4-8,14-17H2,1-3H3. The van der Waals surface area contributed by atoms with Gasteiger partial charge in [-0.25, -0.2) is 0 Å². The van der Waals surface area contributed by atoms with Crippen LogP contribution in [0.2, 0.25) is 0 Å². The van der Waals surface area contributed by atoms with Gasteiger partial charge in [-0.05, 0) is 85.6 Å². The number of tetrazole rings is 1. The summed E-state index contributed by atoms with van der Waals surface area (Å²) in [5, 5.41) is 21.8. The van der Waals surface area contributed by atoms with E-state index in [0.29, 0.717) is 32.5 Å². The van der Waals surface area contributed by atoms with E-state index in [-0.39, 0.29) is 42.8 Å². The van der Waals surface area contributed by atoms with Gasteiger partial charge in [0.2, 0.25) is 0 Å². The largest absolute Gasteiger partial charge is 0.416 e. The van der Waals surface area contributed by atoms with E-state index in [0.717, 1.165) is 47.4 Å². The smallest absolute Gasteiger partial charge is 0.394 e. The first-order chi connectivity index (χ1) is 20.7. The van der Waals surface area contributed by atoms with Crippen molar-refractivity contribution in [1.82, 2.24) is 20.2 Å². The number of hydrogen-bond acceptors (Lipinski definition) is 7. The van der Waals surface area contributed by atoms with Gasteiger partial charge in [0.05, 0.1) is 43.5 Å². The van der Waals surface area contributed by atoms with Crippen molar-refractivity contribution < 1.29 is 36.2 Å². The van der Waals surface area contributed by atoms with Crippen LogP contribution < -0.4 is 9.80 Å².